The molecule has 22 nitrogen and oxygen atoms in total. The van der Waals surface area contributed by atoms with Crippen molar-refractivity contribution in [3.05, 3.63) is 0 Å². The van der Waals surface area contributed by atoms with Gasteiger partial charge in [0.25, 0.3) is 5.91 Å². The van der Waals surface area contributed by atoms with E-state index in [0.717, 1.165) is 0 Å². The molecule has 21 N–H and O–H groups in total. The Morgan fingerprint density at radius 3 is 1.63 bits per heavy atom. The Kier molecular flexibility index (Phi) is 12.2. The van der Waals surface area contributed by atoms with Crippen molar-refractivity contribution in [2.75, 3.05) is 19.7 Å². The fourth-order valence-corrected chi connectivity index (χ4v) is 6.68. The van der Waals surface area contributed by atoms with Gasteiger partial charge in [-0.15, -0.1) is 0 Å². The topological polar surface area (TPSA) is 402 Å². The second kappa shape index (κ2) is 15.3. The number of carbonyl (C=O) groups is 1. The summed E-state index contributed by atoms with van der Waals surface area (Å²) in [5.74, 6) is -0.854. The van der Waals surface area contributed by atoms with Gasteiger partial charge in [-0.1, -0.05) is 0 Å². The Morgan fingerprint density at radius 1 is 0.694 bits per heavy atom. The second-order valence-corrected chi connectivity index (χ2v) is 13.4. The minimum Gasteiger partial charge on any atom is -0.394 e. The number of aliphatic hydroxyl groups is 8. The van der Waals surface area contributed by atoms with E-state index in [9.17, 15) is 45.6 Å². The molecule has 2 saturated carbocycles. The van der Waals surface area contributed by atoms with E-state index in [1.807, 2.05) is 0 Å². The van der Waals surface area contributed by atoms with Crippen molar-refractivity contribution in [1.82, 2.24) is 5.32 Å². The number of carbonyl (C=O) groups excluding carboxylic acids is 1. The maximum Gasteiger partial charge on any atom is 0.253 e. The van der Waals surface area contributed by atoms with Crippen LogP contribution >= 0.6 is 0 Å². The first-order chi connectivity index (χ1) is 23.1. The molecule has 0 bridgehead atoms. The molecule has 0 aromatic rings. The molecule has 0 radical (unpaired) electrons. The zero-order valence-corrected chi connectivity index (χ0v) is 26.5. The first-order valence-electron chi connectivity index (χ1n) is 16.2. The van der Waals surface area contributed by atoms with Crippen molar-refractivity contribution in [3.8, 4) is 0 Å². The van der Waals surface area contributed by atoms with Gasteiger partial charge < -0.3 is 109 Å². The predicted octanol–water partition coefficient (Wildman–Crippen LogP) is -10.3. The van der Waals surface area contributed by atoms with E-state index in [0.29, 0.717) is 0 Å². The van der Waals surface area contributed by atoms with E-state index in [4.69, 9.17) is 62.8 Å². The Morgan fingerprint density at radius 2 is 1.16 bits per heavy atom. The van der Waals surface area contributed by atoms with E-state index in [-0.39, 0.29) is 25.9 Å². The molecule has 2 unspecified atom stereocenters. The lowest BCUT2D eigenvalue weighted by Gasteiger charge is -2.48. The summed E-state index contributed by atoms with van der Waals surface area (Å²) in [7, 11) is 0. The van der Waals surface area contributed by atoms with Crippen molar-refractivity contribution in [2.45, 2.75) is 141 Å². The highest BCUT2D eigenvalue weighted by Crippen LogP contribution is 2.37. The van der Waals surface area contributed by atoms with Crippen LogP contribution in [0.5, 0.6) is 0 Å². The number of hydrogen-bond acceptors (Lipinski definition) is 21. The van der Waals surface area contributed by atoms with Crippen molar-refractivity contribution < 1.29 is 74.1 Å². The lowest BCUT2D eigenvalue weighted by atomic mass is 9.83. The van der Waals surface area contributed by atoms with Gasteiger partial charge in [0.15, 0.2) is 24.5 Å². The molecule has 5 fully saturated rings. The van der Waals surface area contributed by atoms with Crippen molar-refractivity contribution >= 4 is 5.91 Å². The lowest BCUT2D eigenvalue weighted by molar-refractivity contribution is -0.307. The Labute approximate surface area is 280 Å². The highest BCUT2D eigenvalue weighted by Gasteiger charge is 2.59. The van der Waals surface area contributed by atoms with Crippen LogP contribution in [0.2, 0.25) is 0 Å². The highest BCUT2D eigenvalue weighted by molar-refractivity contribution is 5.89. The fraction of sp³-hybridized carbons (Fsp3) is 0.963. The molecule has 21 atom stereocenters. The Balaban J connectivity index is 1.36. The Hall–Kier alpha value is -1.33. The van der Waals surface area contributed by atoms with Crippen LogP contribution in [0.25, 0.3) is 0 Å². The van der Waals surface area contributed by atoms with Gasteiger partial charge in [-0.3, -0.25) is 4.79 Å². The first kappa shape index (κ1) is 38.9. The average molecular weight is 714 g/mol. The third kappa shape index (κ3) is 7.47. The Bertz CT molecular complexity index is 1130. The SMILES string of the molecule is NC[C@@H]1O[C@H](O[C@H]2[C@@H](O)[C@H](O[C@@H]3[C@@H](O)[C@H](NC(=O)C4(O)CC4N)C[C@H](N)[C@H]3O[C@H]3O[C@H](CN)[C@@H](O)[C@H](O)[C@H]3N)O[C@@H]2CO)[C@H](N)[C@@H](O)[C@@H]1O. The smallest absolute Gasteiger partial charge is 0.253 e. The highest BCUT2D eigenvalue weighted by atomic mass is 16.8. The lowest BCUT2D eigenvalue weighted by Crippen LogP contribution is -2.69. The monoisotopic (exact) mass is 713 g/mol. The van der Waals surface area contributed by atoms with Crippen molar-refractivity contribution in [3.63, 3.8) is 0 Å². The predicted molar refractivity (Wildman–Crippen MR) is 160 cm³/mol. The maximum absolute atomic E-state index is 12.8. The normalized spacial score (nSPS) is 53.3. The third-order valence-electron chi connectivity index (χ3n) is 10.0. The van der Waals surface area contributed by atoms with E-state index < -0.39 is 140 Å². The molecule has 49 heavy (non-hydrogen) atoms. The number of ether oxygens (including phenoxy) is 6. The number of hydrogen-bond donors (Lipinski definition) is 15. The van der Waals surface area contributed by atoms with Gasteiger partial charge in [-0.05, 0) is 6.42 Å². The molecule has 2 aliphatic carbocycles. The van der Waals surface area contributed by atoms with Gasteiger partial charge >= 0.3 is 0 Å². The molecular formula is C27H51N7O15. The van der Waals surface area contributed by atoms with Gasteiger partial charge in [0.2, 0.25) is 0 Å². The molecule has 0 aromatic carbocycles. The van der Waals surface area contributed by atoms with Crippen LogP contribution in [0.4, 0.5) is 0 Å². The molecular weight excluding hydrogens is 662 g/mol. The number of rotatable bonds is 11. The van der Waals surface area contributed by atoms with Crippen molar-refractivity contribution in [2.24, 2.45) is 34.4 Å². The summed E-state index contributed by atoms with van der Waals surface area (Å²) >= 11 is 0. The summed E-state index contributed by atoms with van der Waals surface area (Å²) < 4.78 is 35.0. The summed E-state index contributed by atoms with van der Waals surface area (Å²) in [4.78, 5) is 12.8. The quantitative estimate of drug-likeness (QED) is 0.0944. The van der Waals surface area contributed by atoms with Gasteiger partial charge in [0.1, 0.15) is 73.2 Å². The standard InChI is InChI=1S/C27H51N7O15/c28-3-8-15(37)17(39)12(32)23(44-8)47-20-6(30)1-7(34-26(42)27(43)2-11(27)31)14(36)22(20)49-25-19(41)21(10(5-35)46-25)48-24-13(33)18(40)16(38)9(4-29)45-24/h6-25,35-41,43H,1-5,28-33H2,(H,34,42)/t6-,7+,8+,9-,10+,11?,12+,13+,14-,15+,16+,17+,18+,19+,20+,21+,22+,23+,24+,25-,27?/m0/s1. The van der Waals surface area contributed by atoms with Crippen LogP contribution in [0.3, 0.4) is 0 Å². The minimum atomic E-state index is -1.84. The van der Waals surface area contributed by atoms with Crippen molar-refractivity contribution in [1.29, 1.82) is 0 Å². The summed E-state index contributed by atoms with van der Waals surface area (Å²) in [6, 6.07) is -5.64. The first-order valence-corrected chi connectivity index (χ1v) is 16.2. The molecule has 284 valence electrons. The zero-order chi connectivity index (χ0) is 36.1. The summed E-state index contributed by atoms with van der Waals surface area (Å²) in [6.07, 6.45) is -21.7. The van der Waals surface area contributed by atoms with E-state index >= 15 is 0 Å². The molecule has 0 spiro atoms. The van der Waals surface area contributed by atoms with E-state index in [2.05, 4.69) is 5.32 Å². The van der Waals surface area contributed by atoms with E-state index in [1.54, 1.807) is 0 Å². The second-order valence-electron chi connectivity index (χ2n) is 13.4. The largest absolute Gasteiger partial charge is 0.394 e. The molecule has 5 aliphatic rings. The summed E-state index contributed by atoms with van der Waals surface area (Å²) in [5.41, 5.74) is 33.8. The zero-order valence-electron chi connectivity index (χ0n) is 26.5. The number of aliphatic hydroxyl groups excluding tert-OH is 7. The maximum atomic E-state index is 12.8. The van der Waals surface area contributed by atoms with Crippen LogP contribution in [0.15, 0.2) is 0 Å². The summed E-state index contributed by atoms with van der Waals surface area (Å²) in [5, 5.41) is 87.3. The van der Waals surface area contributed by atoms with E-state index in [1.165, 1.54) is 0 Å². The molecule has 5 rings (SSSR count). The van der Waals surface area contributed by atoms with Gasteiger partial charge in [-0.25, -0.2) is 0 Å². The minimum absolute atomic E-state index is 0.00478. The molecule has 3 heterocycles. The molecule has 1 amide bonds. The van der Waals surface area contributed by atoms with Gasteiger partial charge in [-0.2, -0.15) is 0 Å². The average Bonchev–Trinajstić information content (AvgIpc) is 3.60. The molecule has 3 aliphatic heterocycles. The molecule has 3 saturated heterocycles. The van der Waals surface area contributed by atoms with Gasteiger partial charge in [0.05, 0.1) is 24.7 Å². The van der Waals surface area contributed by atoms with Crippen LogP contribution in [0.1, 0.15) is 12.8 Å². The summed E-state index contributed by atoms with van der Waals surface area (Å²) in [6.45, 7) is -1.14. The van der Waals surface area contributed by atoms with Gasteiger partial charge in [0, 0.05) is 31.6 Å². The number of nitrogens with two attached hydrogens (primary N) is 6. The van der Waals surface area contributed by atoms with Crippen LogP contribution in [0, 0.1) is 0 Å². The fourth-order valence-electron chi connectivity index (χ4n) is 6.68. The third-order valence-corrected chi connectivity index (χ3v) is 10.0. The number of nitrogens with one attached hydrogen (secondary N) is 1. The van der Waals surface area contributed by atoms with Crippen LogP contribution in [-0.2, 0) is 33.2 Å². The molecule has 0 aromatic heterocycles. The number of amides is 1. The van der Waals surface area contributed by atoms with Crippen LogP contribution < -0.4 is 39.7 Å². The molecule has 22 heteroatoms. The van der Waals surface area contributed by atoms with Crippen LogP contribution in [-0.4, -0.2) is 194 Å².